The zero-order valence-corrected chi connectivity index (χ0v) is 16.4. The molecule has 0 spiro atoms. The van der Waals surface area contributed by atoms with Crippen LogP contribution in [0.25, 0.3) is 10.1 Å². The molecule has 0 fully saturated rings. The van der Waals surface area contributed by atoms with Crippen LogP contribution < -0.4 is 5.32 Å². The van der Waals surface area contributed by atoms with E-state index in [1.165, 1.54) is 18.0 Å². The third kappa shape index (κ3) is 3.69. The summed E-state index contributed by atoms with van der Waals surface area (Å²) >= 11 is 7.39. The fraction of sp³-hybridized carbons (Fsp3) is 0.235. The molecule has 0 saturated carbocycles. The quantitative estimate of drug-likeness (QED) is 0.364. The van der Waals surface area contributed by atoms with Crippen LogP contribution in [0, 0.1) is 10.1 Å². The largest absolute Gasteiger partial charge is 0.465 e. The van der Waals surface area contributed by atoms with Gasteiger partial charge in [0.25, 0.3) is 0 Å². The van der Waals surface area contributed by atoms with Gasteiger partial charge in [-0.15, -0.1) is 11.3 Å². The second kappa shape index (κ2) is 7.95. The predicted octanol–water partition coefficient (Wildman–Crippen LogP) is 4.04. The molecule has 0 radical (unpaired) electrons. The maximum absolute atomic E-state index is 12.6. The molecule has 1 aromatic carbocycles. The molecule has 0 bridgehead atoms. The fourth-order valence-corrected chi connectivity index (χ4v) is 4.14. The van der Waals surface area contributed by atoms with Crippen LogP contribution in [0.4, 0.5) is 11.4 Å². The summed E-state index contributed by atoms with van der Waals surface area (Å²) < 4.78 is 6.70. The molecule has 11 heteroatoms. The highest BCUT2D eigenvalue weighted by atomic mass is 35.5. The zero-order chi connectivity index (χ0) is 20.4. The van der Waals surface area contributed by atoms with Gasteiger partial charge in [0, 0.05) is 15.8 Å². The number of thiophene rings is 1. The molecule has 0 aliphatic carbocycles. The molecule has 1 amide bonds. The monoisotopic (exact) mass is 422 g/mol. The Morgan fingerprint density at radius 3 is 2.82 bits per heavy atom. The first kappa shape index (κ1) is 19.8. The lowest BCUT2D eigenvalue weighted by molar-refractivity contribution is -0.385. The first-order valence-corrected chi connectivity index (χ1v) is 9.35. The Hall–Kier alpha value is -2.98. The van der Waals surface area contributed by atoms with Crippen molar-refractivity contribution >= 4 is 56.3 Å². The number of nitrogens with one attached hydrogen (secondary N) is 1. The molecule has 0 aliphatic heterocycles. The number of carbonyl (C=O) groups excluding carboxylic acids is 2. The van der Waals surface area contributed by atoms with Gasteiger partial charge in [0.2, 0.25) is 5.91 Å². The van der Waals surface area contributed by atoms with Gasteiger partial charge in [0.1, 0.15) is 23.3 Å². The maximum Gasteiger partial charge on any atom is 0.349 e. The Balaban J connectivity index is 1.85. The van der Waals surface area contributed by atoms with E-state index >= 15 is 0 Å². The number of nitro groups is 1. The maximum atomic E-state index is 12.6. The lowest BCUT2D eigenvalue weighted by atomic mass is 10.2. The SMILES string of the molecule is CCC(C(=O)Nc1ccc2c(Cl)c(C(=O)OC)sc2c1)n1cc([N+](=O)[O-])cn1. The summed E-state index contributed by atoms with van der Waals surface area (Å²) in [4.78, 5) is 35.0. The van der Waals surface area contributed by atoms with E-state index < -0.39 is 16.9 Å². The van der Waals surface area contributed by atoms with Crippen molar-refractivity contribution in [2.24, 2.45) is 0 Å². The number of esters is 1. The molecule has 2 aromatic heterocycles. The van der Waals surface area contributed by atoms with Gasteiger partial charge in [0.05, 0.1) is 17.1 Å². The number of halogens is 1. The molecule has 1 N–H and O–H groups in total. The Morgan fingerprint density at radius 2 is 2.21 bits per heavy atom. The molecule has 1 atom stereocenters. The van der Waals surface area contributed by atoms with E-state index in [0.717, 1.165) is 17.5 Å². The highest BCUT2D eigenvalue weighted by Crippen LogP contribution is 2.37. The summed E-state index contributed by atoms with van der Waals surface area (Å²) in [5, 5.41) is 18.5. The van der Waals surface area contributed by atoms with Crippen LogP contribution in [-0.4, -0.2) is 33.7 Å². The minimum Gasteiger partial charge on any atom is -0.465 e. The lowest BCUT2D eigenvalue weighted by Gasteiger charge is -2.15. The molecule has 3 aromatic rings. The van der Waals surface area contributed by atoms with Crippen molar-refractivity contribution < 1.29 is 19.2 Å². The summed E-state index contributed by atoms with van der Waals surface area (Å²) in [7, 11) is 1.28. The van der Waals surface area contributed by atoms with E-state index in [9.17, 15) is 19.7 Å². The highest BCUT2D eigenvalue weighted by molar-refractivity contribution is 7.21. The molecule has 3 rings (SSSR count). The number of ether oxygens (including phenoxy) is 1. The van der Waals surface area contributed by atoms with Crippen molar-refractivity contribution in [2.45, 2.75) is 19.4 Å². The number of benzene rings is 1. The number of hydrogen-bond donors (Lipinski definition) is 1. The van der Waals surface area contributed by atoms with Crippen molar-refractivity contribution in [3.05, 3.63) is 50.6 Å². The minimum atomic E-state index is -0.707. The van der Waals surface area contributed by atoms with Crippen molar-refractivity contribution in [3.8, 4) is 0 Å². The van der Waals surface area contributed by atoms with Crippen LogP contribution in [0.5, 0.6) is 0 Å². The third-order valence-electron chi connectivity index (χ3n) is 4.08. The number of anilines is 1. The molecule has 9 nitrogen and oxygen atoms in total. The Labute approximate surface area is 168 Å². The number of carbonyl (C=O) groups is 2. The van der Waals surface area contributed by atoms with Gasteiger partial charge < -0.3 is 10.1 Å². The Kier molecular flexibility index (Phi) is 5.61. The van der Waals surface area contributed by atoms with E-state index in [2.05, 4.69) is 10.4 Å². The Bertz CT molecular complexity index is 1080. The minimum absolute atomic E-state index is 0.184. The second-order valence-corrected chi connectivity index (χ2v) is 7.23. The lowest BCUT2D eigenvalue weighted by Crippen LogP contribution is -2.25. The third-order valence-corrected chi connectivity index (χ3v) is 5.71. The molecule has 28 heavy (non-hydrogen) atoms. The smallest absolute Gasteiger partial charge is 0.349 e. The molecular weight excluding hydrogens is 408 g/mol. The molecule has 2 heterocycles. The van der Waals surface area contributed by atoms with E-state index in [-0.39, 0.29) is 16.5 Å². The van der Waals surface area contributed by atoms with Crippen LogP contribution in [-0.2, 0) is 9.53 Å². The number of hydrogen-bond acceptors (Lipinski definition) is 7. The van der Waals surface area contributed by atoms with Crippen molar-refractivity contribution in [1.29, 1.82) is 0 Å². The van der Waals surface area contributed by atoms with Gasteiger partial charge in [-0.25, -0.2) is 4.79 Å². The van der Waals surface area contributed by atoms with E-state index in [0.29, 0.717) is 27.2 Å². The van der Waals surface area contributed by atoms with E-state index in [1.54, 1.807) is 25.1 Å². The van der Waals surface area contributed by atoms with Gasteiger partial charge in [-0.1, -0.05) is 18.5 Å². The second-order valence-electron chi connectivity index (χ2n) is 5.80. The highest BCUT2D eigenvalue weighted by Gasteiger charge is 2.23. The first-order valence-electron chi connectivity index (χ1n) is 8.15. The Morgan fingerprint density at radius 1 is 1.46 bits per heavy atom. The van der Waals surface area contributed by atoms with Crippen molar-refractivity contribution in [3.63, 3.8) is 0 Å². The van der Waals surface area contributed by atoms with Crippen LogP contribution >= 0.6 is 22.9 Å². The predicted molar refractivity (Wildman–Crippen MR) is 105 cm³/mol. The molecular formula is C17H15ClN4O5S. The molecule has 0 saturated heterocycles. The van der Waals surface area contributed by atoms with Crippen LogP contribution in [0.2, 0.25) is 5.02 Å². The number of rotatable bonds is 6. The molecule has 146 valence electrons. The summed E-state index contributed by atoms with van der Waals surface area (Å²) in [6.07, 6.45) is 2.72. The molecule has 0 aliphatic rings. The summed E-state index contributed by atoms with van der Waals surface area (Å²) in [6.45, 7) is 1.78. The van der Waals surface area contributed by atoms with Gasteiger partial charge in [-0.3, -0.25) is 19.6 Å². The summed E-state index contributed by atoms with van der Waals surface area (Å²) in [6, 6.07) is 4.37. The average molecular weight is 423 g/mol. The van der Waals surface area contributed by atoms with Gasteiger partial charge in [-0.2, -0.15) is 5.10 Å². The molecule has 1 unspecified atom stereocenters. The van der Waals surface area contributed by atoms with Gasteiger partial charge in [0.15, 0.2) is 0 Å². The van der Waals surface area contributed by atoms with Crippen LogP contribution in [0.15, 0.2) is 30.6 Å². The van der Waals surface area contributed by atoms with Crippen molar-refractivity contribution in [1.82, 2.24) is 9.78 Å². The topological polar surface area (TPSA) is 116 Å². The number of methoxy groups -OCH3 is 1. The normalized spacial score (nSPS) is 12.0. The zero-order valence-electron chi connectivity index (χ0n) is 14.8. The summed E-state index contributed by atoms with van der Waals surface area (Å²) in [5.41, 5.74) is 0.322. The van der Waals surface area contributed by atoms with Gasteiger partial charge in [-0.05, 0) is 24.6 Å². The van der Waals surface area contributed by atoms with Crippen LogP contribution in [0.3, 0.4) is 0 Å². The first-order chi connectivity index (χ1) is 13.3. The van der Waals surface area contributed by atoms with Gasteiger partial charge >= 0.3 is 11.7 Å². The standard InChI is InChI=1S/C17H15ClN4O5S/c1-3-12(21-8-10(7-19-21)22(25)26)16(23)20-9-4-5-11-13(6-9)28-15(14(11)18)17(24)27-2/h4-8,12H,3H2,1-2H3,(H,20,23). The fourth-order valence-electron chi connectivity index (χ4n) is 2.68. The number of amides is 1. The number of fused-ring (bicyclic) bond motifs is 1. The van der Waals surface area contributed by atoms with E-state index in [4.69, 9.17) is 16.3 Å². The number of nitrogens with zero attached hydrogens (tertiary/aromatic N) is 3. The van der Waals surface area contributed by atoms with Crippen LogP contribution in [0.1, 0.15) is 29.1 Å². The van der Waals surface area contributed by atoms with Crippen molar-refractivity contribution in [2.75, 3.05) is 12.4 Å². The van der Waals surface area contributed by atoms with E-state index in [1.807, 2.05) is 0 Å². The number of aromatic nitrogens is 2. The summed E-state index contributed by atoms with van der Waals surface area (Å²) in [5.74, 6) is -0.890. The average Bonchev–Trinajstić information content (AvgIpc) is 3.27.